The van der Waals surface area contributed by atoms with Crippen molar-refractivity contribution in [2.45, 2.75) is 25.8 Å². The topological polar surface area (TPSA) is 47.7 Å². The van der Waals surface area contributed by atoms with Crippen molar-refractivity contribution in [3.8, 4) is 5.75 Å². The van der Waals surface area contributed by atoms with Gasteiger partial charge in [-0.2, -0.15) is 0 Å². The predicted molar refractivity (Wildman–Crippen MR) is 85.5 cm³/mol. The first-order valence-electron chi connectivity index (χ1n) is 7.96. The fourth-order valence-electron chi connectivity index (χ4n) is 2.81. The lowest BCUT2D eigenvalue weighted by atomic mass is 10.0. The quantitative estimate of drug-likeness (QED) is 0.747. The number of benzene rings is 1. The molecule has 0 spiro atoms. The molecule has 4 heteroatoms. The molecule has 1 aromatic carbocycles. The molecule has 1 heterocycles. The van der Waals surface area contributed by atoms with E-state index >= 15 is 0 Å². The molecular weight excluding hydrogens is 264 g/mol. The van der Waals surface area contributed by atoms with Gasteiger partial charge in [0.15, 0.2) is 0 Å². The van der Waals surface area contributed by atoms with Crippen molar-refractivity contribution < 1.29 is 9.47 Å². The summed E-state index contributed by atoms with van der Waals surface area (Å²) in [4.78, 5) is 2.39. The number of nitrogens with two attached hydrogens (primary N) is 1. The van der Waals surface area contributed by atoms with Crippen molar-refractivity contribution in [2.75, 3.05) is 40.0 Å². The molecule has 21 heavy (non-hydrogen) atoms. The molecule has 2 N–H and O–H groups in total. The summed E-state index contributed by atoms with van der Waals surface area (Å²) in [5, 5.41) is 0. The van der Waals surface area contributed by atoms with Gasteiger partial charge in [0.1, 0.15) is 5.75 Å². The Kier molecular flexibility index (Phi) is 7.00. The minimum atomic E-state index is 0.526. The first-order chi connectivity index (χ1) is 10.3. The Bertz CT molecular complexity index is 406. The highest BCUT2D eigenvalue weighted by molar-refractivity contribution is 5.32. The molecule has 1 fully saturated rings. The Balaban J connectivity index is 1.62. The number of rotatable bonds is 8. The second-order valence-electron chi connectivity index (χ2n) is 5.86. The van der Waals surface area contributed by atoms with Crippen molar-refractivity contribution in [1.29, 1.82) is 0 Å². The summed E-state index contributed by atoms with van der Waals surface area (Å²) in [7, 11) is 2.18. The Morgan fingerprint density at radius 3 is 3.00 bits per heavy atom. The number of ether oxygens (including phenoxy) is 2. The first-order valence-corrected chi connectivity index (χ1v) is 7.96. The molecule has 2 rings (SSSR count). The van der Waals surface area contributed by atoms with E-state index in [4.69, 9.17) is 15.2 Å². The van der Waals surface area contributed by atoms with Crippen LogP contribution in [-0.2, 0) is 11.3 Å². The molecule has 118 valence electrons. The summed E-state index contributed by atoms with van der Waals surface area (Å²) in [6, 6.07) is 7.99. The van der Waals surface area contributed by atoms with Gasteiger partial charge in [-0.05, 0) is 38.3 Å². The van der Waals surface area contributed by atoms with Crippen molar-refractivity contribution in [3.63, 3.8) is 0 Å². The van der Waals surface area contributed by atoms with E-state index in [-0.39, 0.29) is 0 Å². The molecule has 0 aliphatic carbocycles. The standard InChI is InChI=1S/C17H28N2O2/c1-19(13-15-6-4-10-20-14-15)9-5-11-21-17-8-3-2-7-16(17)12-18/h2-3,7-8,15H,4-6,9-14,18H2,1H3. The highest BCUT2D eigenvalue weighted by Crippen LogP contribution is 2.17. The Labute approximate surface area is 128 Å². The zero-order valence-electron chi connectivity index (χ0n) is 13.1. The van der Waals surface area contributed by atoms with E-state index in [1.54, 1.807) is 0 Å². The van der Waals surface area contributed by atoms with Gasteiger partial charge in [-0.15, -0.1) is 0 Å². The van der Waals surface area contributed by atoms with Crippen LogP contribution in [0.3, 0.4) is 0 Å². The first kappa shape index (κ1) is 16.3. The van der Waals surface area contributed by atoms with Crippen molar-refractivity contribution >= 4 is 0 Å². The van der Waals surface area contributed by atoms with Gasteiger partial charge < -0.3 is 20.1 Å². The molecule has 0 bridgehead atoms. The van der Waals surface area contributed by atoms with E-state index in [9.17, 15) is 0 Å². The van der Waals surface area contributed by atoms with Gasteiger partial charge in [0.25, 0.3) is 0 Å². The minimum absolute atomic E-state index is 0.526. The van der Waals surface area contributed by atoms with Crippen LogP contribution in [0.15, 0.2) is 24.3 Å². The molecule has 1 aromatic rings. The van der Waals surface area contributed by atoms with Crippen LogP contribution in [0.5, 0.6) is 5.75 Å². The SMILES string of the molecule is CN(CCCOc1ccccc1CN)CC1CCCOC1. The summed E-state index contributed by atoms with van der Waals surface area (Å²) in [6.07, 6.45) is 3.53. The molecule has 1 saturated heterocycles. The van der Waals surface area contributed by atoms with Crippen LogP contribution in [0, 0.1) is 5.92 Å². The van der Waals surface area contributed by atoms with Crippen LogP contribution in [0.2, 0.25) is 0 Å². The monoisotopic (exact) mass is 292 g/mol. The van der Waals surface area contributed by atoms with E-state index in [2.05, 4.69) is 11.9 Å². The van der Waals surface area contributed by atoms with E-state index < -0.39 is 0 Å². The average Bonchev–Trinajstić information content (AvgIpc) is 2.53. The lowest BCUT2D eigenvalue weighted by Crippen LogP contribution is -2.32. The Morgan fingerprint density at radius 2 is 2.24 bits per heavy atom. The summed E-state index contributed by atoms with van der Waals surface area (Å²) in [5.74, 6) is 1.62. The highest BCUT2D eigenvalue weighted by Gasteiger charge is 2.15. The molecule has 4 nitrogen and oxygen atoms in total. The molecule has 0 saturated carbocycles. The van der Waals surface area contributed by atoms with E-state index in [0.717, 1.165) is 50.6 Å². The van der Waals surface area contributed by atoms with Crippen molar-refractivity contribution in [1.82, 2.24) is 4.90 Å². The third kappa shape index (κ3) is 5.65. The summed E-state index contributed by atoms with van der Waals surface area (Å²) >= 11 is 0. The second-order valence-corrected chi connectivity index (χ2v) is 5.86. The molecule has 1 atom stereocenters. The van der Waals surface area contributed by atoms with E-state index in [0.29, 0.717) is 12.5 Å². The third-order valence-electron chi connectivity index (χ3n) is 3.96. The molecule has 1 aliphatic heterocycles. The molecule has 1 unspecified atom stereocenters. The van der Waals surface area contributed by atoms with Crippen LogP contribution in [0.25, 0.3) is 0 Å². The van der Waals surface area contributed by atoms with Crippen molar-refractivity contribution in [2.24, 2.45) is 11.7 Å². The van der Waals surface area contributed by atoms with E-state index in [1.807, 2.05) is 24.3 Å². The third-order valence-corrected chi connectivity index (χ3v) is 3.96. The fraction of sp³-hybridized carbons (Fsp3) is 0.647. The summed E-state index contributed by atoms with van der Waals surface area (Å²) in [5.41, 5.74) is 6.78. The van der Waals surface area contributed by atoms with Crippen LogP contribution < -0.4 is 10.5 Å². The number of hydrogen-bond acceptors (Lipinski definition) is 4. The summed E-state index contributed by atoms with van der Waals surface area (Å²) in [6.45, 7) is 5.31. The largest absolute Gasteiger partial charge is 0.493 e. The van der Waals surface area contributed by atoms with Gasteiger partial charge in [0.2, 0.25) is 0 Å². The van der Waals surface area contributed by atoms with Gasteiger partial charge in [-0.1, -0.05) is 18.2 Å². The van der Waals surface area contributed by atoms with Crippen molar-refractivity contribution in [3.05, 3.63) is 29.8 Å². The second kappa shape index (κ2) is 9.03. The molecular formula is C17H28N2O2. The number of para-hydroxylation sites is 1. The van der Waals surface area contributed by atoms with Crippen LogP contribution >= 0.6 is 0 Å². The lowest BCUT2D eigenvalue weighted by molar-refractivity contribution is 0.0415. The fourth-order valence-corrected chi connectivity index (χ4v) is 2.81. The molecule has 0 amide bonds. The average molecular weight is 292 g/mol. The minimum Gasteiger partial charge on any atom is -0.493 e. The predicted octanol–water partition coefficient (Wildman–Crippen LogP) is 2.27. The van der Waals surface area contributed by atoms with Gasteiger partial charge >= 0.3 is 0 Å². The van der Waals surface area contributed by atoms with Crippen LogP contribution in [0.4, 0.5) is 0 Å². The number of hydrogen-bond donors (Lipinski definition) is 1. The zero-order valence-corrected chi connectivity index (χ0v) is 13.1. The Morgan fingerprint density at radius 1 is 1.38 bits per heavy atom. The molecule has 1 aliphatic rings. The van der Waals surface area contributed by atoms with Gasteiger partial charge in [0.05, 0.1) is 13.2 Å². The van der Waals surface area contributed by atoms with E-state index in [1.165, 1.54) is 12.8 Å². The highest BCUT2D eigenvalue weighted by atomic mass is 16.5. The lowest BCUT2D eigenvalue weighted by Gasteiger charge is -2.27. The van der Waals surface area contributed by atoms with Gasteiger partial charge in [0, 0.05) is 31.8 Å². The zero-order chi connectivity index (χ0) is 14.9. The molecule has 0 radical (unpaired) electrons. The van der Waals surface area contributed by atoms with Gasteiger partial charge in [-0.25, -0.2) is 0 Å². The molecule has 0 aromatic heterocycles. The maximum Gasteiger partial charge on any atom is 0.123 e. The maximum absolute atomic E-state index is 5.84. The smallest absolute Gasteiger partial charge is 0.123 e. The van der Waals surface area contributed by atoms with Crippen LogP contribution in [0.1, 0.15) is 24.8 Å². The summed E-state index contributed by atoms with van der Waals surface area (Å²) < 4.78 is 11.4. The number of nitrogens with zero attached hydrogens (tertiary/aromatic N) is 1. The normalized spacial score (nSPS) is 18.9. The maximum atomic E-state index is 5.84. The van der Waals surface area contributed by atoms with Crippen LogP contribution in [-0.4, -0.2) is 44.9 Å². The Hall–Kier alpha value is -1.10. The van der Waals surface area contributed by atoms with Gasteiger partial charge in [-0.3, -0.25) is 0 Å².